The van der Waals surface area contributed by atoms with E-state index in [4.69, 9.17) is 11.6 Å². The Bertz CT molecular complexity index is 682. The van der Waals surface area contributed by atoms with Crippen molar-refractivity contribution in [3.05, 3.63) is 70.5 Å². The zero-order chi connectivity index (χ0) is 16.2. The fourth-order valence-electron chi connectivity index (χ4n) is 2.90. The van der Waals surface area contributed by atoms with Gasteiger partial charge in [0.25, 0.3) is 5.91 Å². The number of nitrogens with one attached hydrogen (secondary N) is 1. The molecule has 1 aliphatic heterocycles. The van der Waals surface area contributed by atoms with Crippen LogP contribution < -0.4 is 4.90 Å². The lowest BCUT2D eigenvalue weighted by atomic mass is 10.1. The van der Waals surface area contributed by atoms with E-state index in [0.29, 0.717) is 10.6 Å². The van der Waals surface area contributed by atoms with Crippen molar-refractivity contribution in [1.29, 1.82) is 0 Å². The second-order valence-corrected chi connectivity index (χ2v) is 6.29. The number of amides is 1. The van der Waals surface area contributed by atoms with Gasteiger partial charge in [-0.15, -0.1) is 0 Å². The Morgan fingerprint density at radius 2 is 1.83 bits per heavy atom. The molecule has 0 bridgehead atoms. The summed E-state index contributed by atoms with van der Waals surface area (Å²) in [5.41, 5.74) is 1.76. The molecule has 1 saturated heterocycles. The molecule has 0 saturated carbocycles. The molecule has 1 heterocycles. The molecular formula is C18H19ClFN2O+. The van der Waals surface area contributed by atoms with Crippen molar-refractivity contribution in [3.8, 4) is 0 Å². The highest BCUT2D eigenvalue weighted by Crippen LogP contribution is 2.13. The van der Waals surface area contributed by atoms with Crippen LogP contribution in [0.15, 0.2) is 48.5 Å². The van der Waals surface area contributed by atoms with E-state index in [1.165, 1.54) is 17.0 Å². The van der Waals surface area contributed by atoms with Crippen molar-refractivity contribution in [2.45, 2.75) is 6.54 Å². The normalized spacial score (nSPS) is 15.7. The molecule has 23 heavy (non-hydrogen) atoms. The molecule has 0 aromatic heterocycles. The molecule has 1 fully saturated rings. The highest BCUT2D eigenvalue weighted by atomic mass is 35.5. The Balaban J connectivity index is 1.55. The van der Waals surface area contributed by atoms with Crippen LogP contribution in [0.4, 0.5) is 4.39 Å². The molecule has 1 aliphatic rings. The SMILES string of the molecule is O=C(c1cccc(Cl)c1)N1CC[NH+](Cc2ccc(F)cc2)CC1. The maximum absolute atomic E-state index is 12.9. The third-order valence-electron chi connectivity index (χ3n) is 4.20. The lowest BCUT2D eigenvalue weighted by Gasteiger charge is -2.32. The summed E-state index contributed by atoms with van der Waals surface area (Å²) in [6.45, 7) is 4.09. The third-order valence-corrected chi connectivity index (χ3v) is 4.43. The van der Waals surface area contributed by atoms with Gasteiger partial charge in [0, 0.05) is 16.1 Å². The van der Waals surface area contributed by atoms with Gasteiger partial charge in [0.05, 0.1) is 26.2 Å². The maximum atomic E-state index is 12.9. The zero-order valence-electron chi connectivity index (χ0n) is 12.8. The molecule has 2 aromatic carbocycles. The minimum atomic E-state index is -0.208. The molecule has 0 spiro atoms. The molecule has 3 nitrogen and oxygen atoms in total. The predicted molar refractivity (Wildman–Crippen MR) is 88.2 cm³/mol. The predicted octanol–water partition coefficient (Wildman–Crippen LogP) is 2.02. The third kappa shape index (κ3) is 4.09. The van der Waals surface area contributed by atoms with Crippen LogP contribution in [0.2, 0.25) is 5.02 Å². The van der Waals surface area contributed by atoms with Crippen LogP contribution in [0.5, 0.6) is 0 Å². The summed E-state index contributed by atoms with van der Waals surface area (Å²) in [6.07, 6.45) is 0. The van der Waals surface area contributed by atoms with E-state index in [9.17, 15) is 9.18 Å². The van der Waals surface area contributed by atoms with Crippen molar-refractivity contribution < 1.29 is 14.1 Å². The molecule has 1 N–H and O–H groups in total. The summed E-state index contributed by atoms with van der Waals surface area (Å²) in [4.78, 5) is 15.8. The second kappa shape index (κ2) is 7.11. The van der Waals surface area contributed by atoms with Crippen molar-refractivity contribution in [2.24, 2.45) is 0 Å². The number of hydrogen-bond donors (Lipinski definition) is 1. The summed E-state index contributed by atoms with van der Waals surface area (Å²) in [6, 6.07) is 13.7. The van der Waals surface area contributed by atoms with Crippen molar-refractivity contribution in [2.75, 3.05) is 26.2 Å². The smallest absolute Gasteiger partial charge is 0.254 e. The van der Waals surface area contributed by atoms with Gasteiger partial charge < -0.3 is 9.80 Å². The van der Waals surface area contributed by atoms with E-state index in [1.54, 1.807) is 24.3 Å². The van der Waals surface area contributed by atoms with Crippen molar-refractivity contribution in [3.63, 3.8) is 0 Å². The summed E-state index contributed by atoms with van der Waals surface area (Å²) in [5.74, 6) is -0.172. The number of carbonyl (C=O) groups excluding carboxylic acids is 1. The van der Waals surface area contributed by atoms with E-state index in [-0.39, 0.29) is 11.7 Å². The van der Waals surface area contributed by atoms with Crippen LogP contribution in [-0.4, -0.2) is 37.0 Å². The van der Waals surface area contributed by atoms with Gasteiger partial charge in [-0.25, -0.2) is 4.39 Å². The Hall–Kier alpha value is -1.91. The van der Waals surface area contributed by atoms with Crippen molar-refractivity contribution in [1.82, 2.24) is 4.90 Å². The van der Waals surface area contributed by atoms with Crippen LogP contribution >= 0.6 is 11.6 Å². The fourth-order valence-corrected chi connectivity index (χ4v) is 3.09. The van der Waals surface area contributed by atoms with Gasteiger partial charge in [0.1, 0.15) is 12.4 Å². The van der Waals surface area contributed by atoms with Crippen LogP contribution in [0.25, 0.3) is 0 Å². The number of benzene rings is 2. The Morgan fingerprint density at radius 1 is 1.13 bits per heavy atom. The largest absolute Gasteiger partial charge is 0.328 e. The maximum Gasteiger partial charge on any atom is 0.254 e. The number of halogens is 2. The monoisotopic (exact) mass is 333 g/mol. The molecule has 0 unspecified atom stereocenters. The zero-order valence-corrected chi connectivity index (χ0v) is 13.5. The molecule has 5 heteroatoms. The first-order valence-corrected chi connectivity index (χ1v) is 8.12. The molecule has 3 rings (SSSR count). The molecule has 120 valence electrons. The first kappa shape index (κ1) is 16.0. The summed E-state index contributed by atoms with van der Waals surface area (Å²) in [7, 11) is 0. The molecule has 0 atom stereocenters. The van der Waals surface area contributed by atoms with Crippen LogP contribution in [0.3, 0.4) is 0 Å². The highest BCUT2D eigenvalue weighted by molar-refractivity contribution is 6.30. The van der Waals surface area contributed by atoms with Crippen LogP contribution in [0, 0.1) is 5.82 Å². The second-order valence-electron chi connectivity index (χ2n) is 5.86. The number of nitrogens with zero attached hydrogens (tertiary/aromatic N) is 1. The molecule has 2 aromatic rings. The Labute approximate surface area is 140 Å². The lowest BCUT2D eigenvalue weighted by molar-refractivity contribution is -0.917. The average Bonchev–Trinajstić information content (AvgIpc) is 2.57. The van der Waals surface area contributed by atoms with Gasteiger partial charge in [-0.05, 0) is 30.3 Å². The Kier molecular flexibility index (Phi) is 4.94. The summed E-state index contributed by atoms with van der Waals surface area (Å²) < 4.78 is 12.9. The van der Waals surface area contributed by atoms with E-state index >= 15 is 0 Å². The number of piperazine rings is 1. The molecular weight excluding hydrogens is 315 g/mol. The average molecular weight is 334 g/mol. The van der Waals surface area contributed by atoms with E-state index < -0.39 is 0 Å². The standard InChI is InChI=1S/C18H18ClFN2O/c19-16-3-1-2-15(12-16)18(23)22-10-8-21(9-11-22)13-14-4-6-17(20)7-5-14/h1-7,12H,8-11,13H2/p+1. The number of quaternary nitrogens is 1. The van der Waals surface area contributed by atoms with E-state index in [1.807, 2.05) is 17.0 Å². The molecule has 0 radical (unpaired) electrons. The van der Waals surface area contributed by atoms with Crippen molar-refractivity contribution >= 4 is 17.5 Å². The first-order valence-electron chi connectivity index (χ1n) is 7.75. The van der Waals surface area contributed by atoms with Crippen LogP contribution in [-0.2, 0) is 6.54 Å². The number of carbonyl (C=O) groups is 1. The molecule has 1 amide bonds. The minimum absolute atomic E-state index is 0.0355. The van der Waals surface area contributed by atoms with Gasteiger partial charge in [0.15, 0.2) is 0 Å². The fraction of sp³-hybridized carbons (Fsp3) is 0.278. The number of rotatable bonds is 3. The minimum Gasteiger partial charge on any atom is -0.328 e. The van der Waals surface area contributed by atoms with E-state index in [2.05, 4.69) is 0 Å². The lowest BCUT2D eigenvalue weighted by Crippen LogP contribution is -3.13. The summed E-state index contributed by atoms with van der Waals surface area (Å²) in [5, 5.41) is 0.580. The quantitative estimate of drug-likeness (QED) is 0.913. The highest BCUT2D eigenvalue weighted by Gasteiger charge is 2.24. The van der Waals surface area contributed by atoms with Gasteiger partial charge in [-0.3, -0.25) is 4.79 Å². The molecule has 0 aliphatic carbocycles. The van der Waals surface area contributed by atoms with Gasteiger partial charge >= 0.3 is 0 Å². The first-order chi connectivity index (χ1) is 11.1. The van der Waals surface area contributed by atoms with Crippen LogP contribution in [0.1, 0.15) is 15.9 Å². The van der Waals surface area contributed by atoms with Gasteiger partial charge in [0.2, 0.25) is 0 Å². The topological polar surface area (TPSA) is 24.8 Å². The van der Waals surface area contributed by atoms with Gasteiger partial charge in [-0.2, -0.15) is 0 Å². The van der Waals surface area contributed by atoms with E-state index in [0.717, 1.165) is 38.3 Å². The summed E-state index contributed by atoms with van der Waals surface area (Å²) >= 11 is 5.95. The Morgan fingerprint density at radius 3 is 2.48 bits per heavy atom. The van der Waals surface area contributed by atoms with Gasteiger partial charge in [-0.1, -0.05) is 29.8 Å². The number of hydrogen-bond acceptors (Lipinski definition) is 1.